The second kappa shape index (κ2) is 7.54. The second-order valence-electron chi connectivity index (χ2n) is 7.53. The Kier molecular flexibility index (Phi) is 5.37. The number of carbonyl (C=O) groups excluding carboxylic acids is 1. The molecule has 5 nitrogen and oxygen atoms in total. The van der Waals surface area contributed by atoms with Crippen molar-refractivity contribution in [3.8, 4) is 0 Å². The standard InChI is InChI=1S/C20H25ClN4O/c1-20(2,3)15-6-4-5-7-17(15)23-19(26)25-12-10-24(11-13-25)18-8-9-22-14-16(18)21/h4-9,14H,10-13H2,1-3H3,(H,23,26). The zero-order valence-electron chi connectivity index (χ0n) is 15.5. The molecule has 2 heterocycles. The van der Waals surface area contributed by atoms with Gasteiger partial charge in [0.1, 0.15) is 0 Å². The number of hydrogen-bond acceptors (Lipinski definition) is 3. The first kappa shape index (κ1) is 18.5. The van der Waals surface area contributed by atoms with E-state index in [0.29, 0.717) is 18.1 Å². The number of para-hydroxylation sites is 1. The molecule has 0 atom stereocenters. The van der Waals surface area contributed by atoms with Gasteiger partial charge in [-0.05, 0) is 23.1 Å². The van der Waals surface area contributed by atoms with E-state index in [2.05, 4.69) is 42.0 Å². The van der Waals surface area contributed by atoms with Gasteiger partial charge in [0.25, 0.3) is 0 Å². The molecule has 1 saturated heterocycles. The highest BCUT2D eigenvalue weighted by molar-refractivity contribution is 6.33. The van der Waals surface area contributed by atoms with Crippen molar-refractivity contribution in [2.45, 2.75) is 26.2 Å². The minimum absolute atomic E-state index is 0.0271. The Bertz CT molecular complexity index is 779. The van der Waals surface area contributed by atoms with Crippen LogP contribution in [-0.2, 0) is 5.41 Å². The van der Waals surface area contributed by atoms with Gasteiger partial charge in [0.2, 0.25) is 0 Å². The van der Waals surface area contributed by atoms with Crippen molar-refractivity contribution in [1.82, 2.24) is 9.88 Å². The Morgan fingerprint density at radius 1 is 1.12 bits per heavy atom. The molecule has 0 spiro atoms. The SMILES string of the molecule is CC(C)(C)c1ccccc1NC(=O)N1CCN(c2ccncc2Cl)CC1. The Balaban J connectivity index is 1.64. The highest BCUT2D eigenvalue weighted by Crippen LogP contribution is 2.30. The number of nitrogens with one attached hydrogen (secondary N) is 1. The zero-order chi connectivity index (χ0) is 18.7. The fraction of sp³-hybridized carbons (Fsp3) is 0.400. The van der Waals surface area contributed by atoms with E-state index in [1.54, 1.807) is 12.4 Å². The first-order chi connectivity index (χ1) is 12.4. The Hall–Kier alpha value is -2.27. The predicted octanol–water partition coefficient (Wildman–Crippen LogP) is 4.39. The van der Waals surface area contributed by atoms with Gasteiger partial charge in [-0.1, -0.05) is 50.6 Å². The van der Waals surface area contributed by atoms with E-state index in [1.807, 2.05) is 29.2 Å². The highest BCUT2D eigenvalue weighted by atomic mass is 35.5. The molecule has 0 bridgehead atoms. The van der Waals surface area contributed by atoms with E-state index in [1.165, 1.54) is 0 Å². The van der Waals surface area contributed by atoms with Crippen molar-refractivity contribution in [2.75, 3.05) is 36.4 Å². The van der Waals surface area contributed by atoms with Crippen molar-refractivity contribution >= 4 is 29.0 Å². The molecule has 0 radical (unpaired) electrons. The Morgan fingerprint density at radius 2 is 1.81 bits per heavy atom. The summed E-state index contributed by atoms with van der Waals surface area (Å²) >= 11 is 6.23. The zero-order valence-corrected chi connectivity index (χ0v) is 16.3. The van der Waals surface area contributed by atoms with Crippen LogP contribution in [0.5, 0.6) is 0 Å². The van der Waals surface area contributed by atoms with Crippen LogP contribution < -0.4 is 10.2 Å². The molecular formula is C20H25ClN4O. The fourth-order valence-electron chi connectivity index (χ4n) is 3.22. The molecule has 1 aliphatic heterocycles. The summed E-state index contributed by atoms with van der Waals surface area (Å²) in [6.07, 6.45) is 3.39. The average molecular weight is 373 g/mol. The number of pyridine rings is 1. The van der Waals surface area contributed by atoms with E-state index in [4.69, 9.17) is 11.6 Å². The van der Waals surface area contributed by atoms with Gasteiger partial charge in [-0.2, -0.15) is 0 Å². The molecule has 138 valence electrons. The summed E-state index contributed by atoms with van der Waals surface area (Å²) in [5, 5.41) is 3.73. The quantitative estimate of drug-likeness (QED) is 0.850. The lowest BCUT2D eigenvalue weighted by Gasteiger charge is -2.36. The maximum absolute atomic E-state index is 12.7. The minimum Gasteiger partial charge on any atom is -0.367 e. The minimum atomic E-state index is -0.0535. The Labute approximate surface area is 160 Å². The number of piperazine rings is 1. The van der Waals surface area contributed by atoms with Crippen LogP contribution in [0.3, 0.4) is 0 Å². The topological polar surface area (TPSA) is 48.5 Å². The van der Waals surface area contributed by atoms with Crippen LogP contribution in [-0.4, -0.2) is 42.1 Å². The number of amides is 2. The van der Waals surface area contributed by atoms with E-state index in [0.717, 1.165) is 30.0 Å². The first-order valence-electron chi connectivity index (χ1n) is 8.86. The van der Waals surface area contributed by atoms with Crippen molar-refractivity contribution in [3.63, 3.8) is 0 Å². The number of carbonyl (C=O) groups is 1. The number of benzene rings is 1. The fourth-order valence-corrected chi connectivity index (χ4v) is 3.45. The normalized spacial score (nSPS) is 15.1. The van der Waals surface area contributed by atoms with Crippen molar-refractivity contribution in [3.05, 3.63) is 53.3 Å². The first-order valence-corrected chi connectivity index (χ1v) is 9.24. The van der Waals surface area contributed by atoms with Crippen LogP contribution in [0, 0.1) is 0 Å². The van der Waals surface area contributed by atoms with Crippen LogP contribution in [0.15, 0.2) is 42.7 Å². The molecule has 0 saturated carbocycles. The third-order valence-corrected chi connectivity index (χ3v) is 4.93. The van der Waals surface area contributed by atoms with Gasteiger partial charge >= 0.3 is 6.03 Å². The van der Waals surface area contributed by atoms with Gasteiger partial charge in [-0.15, -0.1) is 0 Å². The molecule has 2 amide bonds. The lowest BCUT2D eigenvalue weighted by atomic mass is 9.86. The number of hydrogen-bond donors (Lipinski definition) is 1. The molecule has 1 aromatic heterocycles. The second-order valence-corrected chi connectivity index (χ2v) is 7.93. The molecule has 2 aromatic rings. The molecule has 1 aliphatic rings. The number of halogens is 1. The largest absolute Gasteiger partial charge is 0.367 e. The summed E-state index contributed by atoms with van der Waals surface area (Å²) in [5.41, 5.74) is 2.96. The van der Waals surface area contributed by atoms with Crippen molar-refractivity contribution in [2.24, 2.45) is 0 Å². The van der Waals surface area contributed by atoms with Crippen molar-refractivity contribution < 1.29 is 4.79 Å². The number of aromatic nitrogens is 1. The van der Waals surface area contributed by atoms with Crippen LogP contribution in [0.2, 0.25) is 5.02 Å². The summed E-state index contributed by atoms with van der Waals surface area (Å²) in [4.78, 5) is 20.8. The highest BCUT2D eigenvalue weighted by Gasteiger charge is 2.24. The molecule has 1 fully saturated rings. The molecule has 3 rings (SSSR count). The molecule has 0 unspecified atom stereocenters. The average Bonchev–Trinajstić information content (AvgIpc) is 2.62. The molecule has 1 aromatic carbocycles. The van der Waals surface area contributed by atoms with Crippen LogP contribution in [0.4, 0.5) is 16.2 Å². The third-order valence-electron chi connectivity index (χ3n) is 4.64. The van der Waals surface area contributed by atoms with Crippen LogP contribution in [0.25, 0.3) is 0 Å². The molecule has 6 heteroatoms. The lowest BCUT2D eigenvalue weighted by molar-refractivity contribution is 0.208. The number of anilines is 2. The van der Waals surface area contributed by atoms with E-state index in [9.17, 15) is 4.79 Å². The summed E-state index contributed by atoms with van der Waals surface area (Å²) in [7, 11) is 0. The predicted molar refractivity (Wildman–Crippen MR) is 107 cm³/mol. The van der Waals surface area contributed by atoms with Gasteiger partial charge < -0.3 is 15.1 Å². The molecule has 26 heavy (non-hydrogen) atoms. The van der Waals surface area contributed by atoms with Gasteiger partial charge in [0.15, 0.2) is 0 Å². The third kappa shape index (κ3) is 4.10. The molecular weight excluding hydrogens is 348 g/mol. The smallest absolute Gasteiger partial charge is 0.321 e. The monoisotopic (exact) mass is 372 g/mol. The lowest BCUT2D eigenvalue weighted by Crippen LogP contribution is -2.50. The maximum Gasteiger partial charge on any atom is 0.321 e. The van der Waals surface area contributed by atoms with E-state index in [-0.39, 0.29) is 11.4 Å². The summed E-state index contributed by atoms with van der Waals surface area (Å²) in [6.45, 7) is 9.25. The Morgan fingerprint density at radius 3 is 2.46 bits per heavy atom. The number of nitrogens with zero attached hydrogens (tertiary/aromatic N) is 3. The van der Waals surface area contributed by atoms with E-state index >= 15 is 0 Å². The van der Waals surface area contributed by atoms with Gasteiger partial charge in [-0.3, -0.25) is 4.98 Å². The van der Waals surface area contributed by atoms with Crippen LogP contribution >= 0.6 is 11.6 Å². The van der Waals surface area contributed by atoms with Crippen molar-refractivity contribution in [1.29, 1.82) is 0 Å². The molecule has 0 aliphatic carbocycles. The van der Waals surface area contributed by atoms with Gasteiger partial charge in [-0.25, -0.2) is 4.79 Å². The maximum atomic E-state index is 12.7. The van der Waals surface area contributed by atoms with E-state index < -0.39 is 0 Å². The summed E-state index contributed by atoms with van der Waals surface area (Å²) in [5.74, 6) is 0. The molecule has 1 N–H and O–H groups in total. The number of urea groups is 1. The summed E-state index contributed by atoms with van der Waals surface area (Å²) in [6, 6.07) is 9.85. The van der Waals surface area contributed by atoms with Gasteiger partial charge in [0.05, 0.1) is 10.7 Å². The van der Waals surface area contributed by atoms with Crippen LogP contribution in [0.1, 0.15) is 26.3 Å². The van der Waals surface area contributed by atoms with Gasteiger partial charge in [0, 0.05) is 44.3 Å². The summed E-state index contributed by atoms with van der Waals surface area (Å²) < 4.78 is 0. The number of rotatable bonds is 2.